The topological polar surface area (TPSA) is 96.0 Å². The van der Waals surface area contributed by atoms with Gasteiger partial charge in [-0.15, -0.1) is 0 Å². The van der Waals surface area contributed by atoms with Gasteiger partial charge in [0.2, 0.25) is 11.8 Å². The molecule has 8 nitrogen and oxygen atoms in total. The summed E-state index contributed by atoms with van der Waals surface area (Å²) in [6, 6.07) is 18.1. The molecule has 0 bridgehead atoms. The van der Waals surface area contributed by atoms with Gasteiger partial charge < -0.3 is 15.0 Å². The zero-order valence-electron chi connectivity index (χ0n) is 21.2. The maximum atomic E-state index is 13.8. The Kier molecular flexibility index (Phi) is 10.0. The number of benzene rings is 3. The third-order valence-electron chi connectivity index (χ3n) is 5.84. The summed E-state index contributed by atoms with van der Waals surface area (Å²) in [5, 5.41) is 3.46. The Morgan fingerprint density at radius 2 is 1.66 bits per heavy atom. The van der Waals surface area contributed by atoms with Crippen molar-refractivity contribution in [2.24, 2.45) is 0 Å². The molecule has 202 valence electrons. The van der Waals surface area contributed by atoms with E-state index in [0.29, 0.717) is 33.6 Å². The third-order valence-corrected chi connectivity index (χ3v) is 8.22. The van der Waals surface area contributed by atoms with E-state index in [1.807, 2.05) is 0 Å². The van der Waals surface area contributed by atoms with Crippen molar-refractivity contribution >= 4 is 50.7 Å². The highest BCUT2D eigenvalue weighted by Crippen LogP contribution is 2.27. The largest absolute Gasteiger partial charge is 0.497 e. The second kappa shape index (κ2) is 13.0. The lowest BCUT2D eigenvalue weighted by Gasteiger charge is -2.32. The van der Waals surface area contributed by atoms with E-state index in [2.05, 4.69) is 5.32 Å². The molecule has 0 aromatic heterocycles. The molecule has 38 heavy (non-hydrogen) atoms. The lowest BCUT2D eigenvalue weighted by molar-refractivity contribution is -0.139. The number of rotatable bonds is 11. The number of methoxy groups -OCH3 is 1. The van der Waals surface area contributed by atoms with Crippen LogP contribution >= 0.6 is 23.2 Å². The van der Waals surface area contributed by atoms with Crippen LogP contribution in [0.3, 0.4) is 0 Å². The quantitative estimate of drug-likeness (QED) is 0.354. The van der Waals surface area contributed by atoms with E-state index >= 15 is 0 Å². The Hall–Kier alpha value is -3.27. The van der Waals surface area contributed by atoms with Crippen molar-refractivity contribution in [3.05, 3.63) is 88.4 Å². The number of nitrogens with zero attached hydrogens (tertiary/aromatic N) is 2. The molecule has 1 N–H and O–H groups in total. The van der Waals surface area contributed by atoms with Crippen LogP contribution in [0.1, 0.15) is 19.4 Å². The first-order valence-corrected chi connectivity index (χ1v) is 14.0. The summed E-state index contributed by atoms with van der Waals surface area (Å²) < 4.78 is 33.7. The molecule has 3 aromatic carbocycles. The average molecular weight is 579 g/mol. The van der Waals surface area contributed by atoms with Crippen molar-refractivity contribution in [3.63, 3.8) is 0 Å². The van der Waals surface area contributed by atoms with Crippen LogP contribution in [-0.2, 0) is 26.2 Å². The monoisotopic (exact) mass is 577 g/mol. The molecule has 0 spiro atoms. The molecule has 3 aromatic rings. The van der Waals surface area contributed by atoms with Gasteiger partial charge in [0.1, 0.15) is 18.3 Å². The molecule has 11 heteroatoms. The third kappa shape index (κ3) is 6.98. The van der Waals surface area contributed by atoms with Gasteiger partial charge in [0.05, 0.1) is 17.7 Å². The fraction of sp³-hybridized carbons (Fsp3) is 0.259. The van der Waals surface area contributed by atoms with Crippen LogP contribution < -0.4 is 14.4 Å². The van der Waals surface area contributed by atoms with Gasteiger partial charge in [0, 0.05) is 23.1 Å². The van der Waals surface area contributed by atoms with E-state index in [-0.39, 0.29) is 17.3 Å². The van der Waals surface area contributed by atoms with Crippen LogP contribution in [0.15, 0.2) is 77.7 Å². The first-order valence-electron chi connectivity index (χ1n) is 11.8. The first-order chi connectivity index (χ1) is 18.1. The fourth-order valence-electron chi connectivity index (χ4n) is 3.74. The van der Waals surface area contributed by atoms with Gasteiger partial charge >= 0.3 is 0 Å². The number of amides is 2. The van der Waals surface area contributed by atoms with Gasteiger partial charge in [0.25, 0.3) is 10.0 Å². The standard InChI is InChI=1S/C27H29Cl2N3O5S/c1-4-30-27(34)19(2)31(17-20-10-11-21(28)16-25(20)29)26(33)18-32(22-8-6-5-7-9-22)38(35,36)24-14-12-23(37-3)13-15-24/h5-16,19H,4,17-18H2,1-3H3,(H,30,34)/t19-/m0/s1. The summed E-state index contributed by atoms with van der Waals surface area (Å²) in [6.45, 7) is 3.14. The molecule has 2 amide bonds. The zero-order valence-corrected chi connectivity index (χ0v) is 23.6. The predicted molar refractivity (Wildman–Crippen MR) is 149 cm³/mol. The van der Waals surface area contributed by atoms with E-state index in [4.69, 9.17) is 27.9 Å². The van der Waals surface area contributed by atoms with Crippen LogP contribution in [0, 0.1) is 0 Å². The molecule has 0 fully saturated rings. The van der Waals surface area contributed by atoms with E-state index in [0.717, 1.165) is 4.31 Å². The highest BCUT2D eigenvalue weighted by molar-refractivity contribution is 7.92. The highest BCUT2D eigenvalue weighted by Gasteiger charge is 2.32. The Balaban J connectivity index is 2.02. The normalized spacial score (nSPS) is 11.9. The second-order valence-electron chi connectivity index (χ2n) is 8.35. The molecule has 0 heterocycles. The van der Waals surface area contributed by atoms with Crippen LogP contribution in [0.5, 0.6) is 5.75 Å². The molecule has 0 saturated heterocycles. The number of ether oxygens (including phenoxy) is 1. The zero-order chi connectivity index (χ0) is 27.9. The average Bonchev–Trinajstić information content (AvgIpc) is 2.91. The Labute approximate surface area is 233 Å². The maximum absolute atomic E-state index is 13.8. The number of nitrogens with one attached hydrogen (secondary N) is 1. The number of carbonyl (C=O) groups excluding carboxylic acids is 2. The first kappa shape index (κ1) is 29.3. The van der Waals surface area contributed by atoms with Gasteiger partial charge in [0.15, 0.2) is 0 Å². The van der Waals surface area contributed by atoms with Gasteiger partial charge in [-0.3, -0.25) is 13.9 Å². The minimum atomic E-state index is -4.16. The van der Waals surface area contributed by atoms with Crippen molar-refractivity contribution in [3.8, 4) is 5.75 Å². The number of halogens is 2. The van der Waals surface area contributed by atoms with Crippen molar-refractivity contribution in [2.75, 3.05) is 24.5 Å². The van der Waals surface area contributed by atoms with Gasteiger partial charge in [-0.2, -0.15) is 0 Å². The summed E-state index contributed by atoms with van der Waals surface area (Å²) in [7, 11) is -2.68. The van der Waals surface area contributed by atoms with Crippen molar-refractivity contribution in [1.29, 1.82) is 0 Å². The number of anilines is 1. The number of para-hydroxylation sites is 1. The van der Waals surface area contributed by atoms with Gasteiger partial charge in [-0.05, 0) is 67.9 Å². The van der Waals surface area contributed by atoms with Gasteiger partial charge in [-0.25, -0.2) is 8.42 Å². The van der Waals surface area contributed by atoms with E-state index < -0.39 is 28.5 Å². The molecule has 0 radical (unpaired) electrons. The molecule has 3 rings (SSSR count). The van der Waals surface area contributed by atoms with Crippen LogP contribution in [0.4, 0.5) is 5.69 Å². The molecule has 0 aliphatic heterocycles. The summed E-state index contributed by atoms with van der Waals surface area (Å²) >= 11 is 12.4. The summed E-state index contributed by atoms with van der Waals surface area (Å²) in [5.74, 6) is -0.473. The summed E-state index contributed by atoms with van der Waals surface area (Å²) in [6.07, 6.45) is 0. The molecular formula is C27H29Cl2N3O5S. The molecule has 0 saturated carbocycles. The Morgan fingerprint density at radius 3 is 2.24 bits per heavy atom. The molecule has 1 atom stereocenters. The highest BCUT2D eigenvalue weighted by atomic mass is 35.5. The van der Waals surface area contributed by atoms with E-state index in [9.17, 15) is 18.0 Å². The maximum Gasteiger partial charge on any atom is 0.264 e. The minimum Gasteiger partial charge on any atom is -0.497 e. The SMILES string of the molecule is CCNC(=O)[C@H](C)N(Cc1ccc(Cl)cc1Cl)C(=O)CN(c1ccccc1)S(=O)(=O)c1ccc(OC)cc1. The molecular weight excluding hydrogens is 549 g/mol. The predicted octanol–water partition coefficient (Wildman–Crippen LogP) is 4.75. The lowest BCUT2D eigenvalue weighted by Crippen LogP contribution is -2.51. The van der Waals surface area contributed by atoms with Crippen molar-refractivity contribution in [2.45, 2.75) is 31.3 Å². The van der Waals surface area contributed by atoms with Crippen molar-refractivity contribution < 1.29 is 22.7 Å². The number of sulfonamides is 1. The number of carbonyl (C=O) groups is 2. The molecule has 0 unspecified atom stereocenters. The smallest absolute Gasteiger partial charge is 0.264 e. The van der Waals surface area contributed by atoms with Crippen LogP contribution in [0.2, 0.25) is 10.0 Å². The second-order valence-corrected chi connectivity index (χ2v) is 11.1. The fourth-order valence-corrected chi connectivity index (χ4v) is 5.62. The van der Waals surface area contributed by atoms with Crippen molar-refractivity contribution in [1.82, 2.24) is 10.2 Å². The number of hydrogen-bond donors (Lipinski definition) is 1. The van der Waals surface area contributed by atoms with Crippen LogP contribution in [0.25, 0.3) is 0 Å². The van der Waals surface area contributed by atoms with Gasteiger partial charge in [-0.1, -0.05) is 47.5 Å². The molecule has 0 aliphatic rings. The van der Waals surface area contributed by atoms with Crippen LogP contribution in [-0.4, -0.2) is 51.4 Å². The van der Waals surface area contributed by atoms with E-state index in [1.54, 1.807) is 62.4 Å². The number of likely N-dealkylation sites (N-methyl/N-ethyl adjacent to an activating group) is 1. The van der Waals surface area contributed by atoms with E-state index in [1.165, 1.54) is 36.3 Å². The lowest BCUT2D eigenvalue weighted by atomic mass is 10.1. The summed E-state index contributed by atoms with van der Waals surface area (Å²) in [5.41, 5.74) is 0.858. The summed E-state index contributed by atoms with van der Waals surface area (Å²) in [4.78, 5) is 27.8. The molecule has 0 aliphatic carbocycles. The number of hydrogen-bond acceptors (Lipinski definition) is 5. The Bertz CT molecular complexity index is 1370. The Morgan fingerprint density at radius 1 is 1.00 bits per heavy atom. The minimum absolute atomic E-state index is 0.0148.